The fraction of sp³-hybridized carbons (Fsp3) is 0.278. The Balaban J connectivity index is 1.83. The van der Waals surface area contributed by atoms with Gasteiger partial charge in [-0.3, -0.25) is 4.79 Å². The summed E-state index contributed by atoms with van der Waals surface area (Å²) in [5.41, 5.74) is 3.39. The van der Waals surface area contributed by atoms with Crippen LogP contribution in [0.25, 0.3) is 0 Å². The molecule has 2 rings (SSSR count). The molecule has 0 aliphatic rings. The van der Waals surface area contributed by atoms with Gasteiger partial charge in [-0.1, -0.05) is 43.3 Å². The summed E-state index contributed by atoms with van der Waals surface area (Å²) >= 11 is 0. The van der Waals surface area contributed by atoms with Gasteiger partial charge in [0.25, 0.3) is 0 Å². The molecule has 0 fully saturated rings. The lowest BCUT2D eigenvalue weighted by molar-refractivity contribution is -0.120. The molecule has 0 unspecified atom stereocenters. The van der Waals surface area contributed by atoms with Crippen molar-refractivity contribution >= 4 is 5.91 Å². The molecule has 0 spiro atoms. The zero-order valence-corrected chi connectivity index (χ0v) is 12.6. The van der Waals surface area contributed by atoms with E-state index in [1.807, 2.05) is 36.4 Å². The number of methoxy groups -OCH3 is 1. The van der Waals surface area contributed by atoms with Crippen molar-refractivity contribution in [3.05, 3.63) is 65.2 Å². The van der Waals surface area contributed by atoms with Gasteiger partial charge in [-0.25, -0.2) is 0 Å². The highest BCUT2D eigenvalue weighted by molar-refractivity contribution is 5.78. The maximum absolute atomic E-state index is 11.9. The van der Waals surface area contributed by atoms with E-state index < -0.39 is 0 Å². The number of nitrogens with one attached hydrogen (secondary N) is 1. The monoisotopic (exact) mass is 283 g/mol. The number of benzene rings is 2. The van der Waals surface area contributed by atoms with Crippen molar-refractivity contribution in [1.29, 1.82) is 0 Å². The van der Waals surface area contributed by atoms with Crippen LogP contribution in [-0.4, -0.2) is 13.0 Å². The summed E-state index contributed by atoms with van der Waals surface area (Å²) in [6, 6.07) is 15.9. The molecule has 110 valence electrons. The molecule has 0 aliphatic carbocycles. The second kappa shape index (κ2) is 7.48. The number of rotatable bonds is 6. The van der Waals surface area contributed by atoms with Crippen LogP contribution in [0.15, 0.2) is 48.5 Å². The Kier molecular flexibility index (Phi) is 5.38. The largest absolute Gasteiger partial charge is 0.497 e. The minimum atomic E-state index is 0.0371. The summed E-state index contributed by atoms with van der Waals surface area (Å²) in [5, 5.41) is 2.93. The minimum absolute atomic E-state index is 0.0371. The van der Waals surface area contributed by atoms with Crippen LogP contribution in [0.5, 0.6) is 5.75 Å². The van der Waals surface area contributed by atoms with E-state index in [1.54, 1.807) is 7.11 Å². The third-order valence-corrected chi connectivity index (χ3v) is 3.44. The van der Waals surface area contributed by atoms with Gasteiger partial charge < -0.3 is 10.1 Å². The van der Waals surface area contributed by atoms with Crippen LogP contribution in [0.1, 0.15) is 23.6 Å². The molecule has 0 bridgehead atoms. The molecular formula is C18H21NO2. The Bertz CT molecular complexity index is 573. The van der Waals surface area contributed by atoms with E-state index in [9.17, 15) is 4.79 Å². The maximum atomic E-state index is 11.9. The minimum Gasteiger partial charge on any atom is -0.497 e. The van der Waals surface area contributed by atoms with Gasteiger partial charge in [-0.15, -0.1) is 0 Å². The molecule has 0 radical (unpaired) electrons. The van der Waals surface area contributed by atoms with Crippen LogP contribution in [0.4, 0.5) is 0 Å². The zero-order chi connectivity index (χ0) is 15.1. The molecule has 1 amide bonds. The van der Waals surface area contributed by atoms with Crippen molar-refractivity contribution in [3.8, 4) is 5.75 Å². The maximum Gasteiger partial charge on any atom is 0.224 e. The zero-order valence-electron chi connectivity index (χ0n) is 12.6. The van der Waals surface area contributed by atoms with Gasteiger partial charge in [0.05, 0.1) is 13.5 Å². The average molecular weight is 283 g/mol. The van der Waals surface area contributed by atoms with Crippen LogP contribution < -0.4 is 10.1 Å². The van der Waals surface area contributed by atoms with Gasteiger partial charge in [0.2, 0.25) is 5.91 Å². The lowest BCUT2D eigenvalue weighted by Gasteiger charge is -2.07. The molecule has 2 aromatic carbocycles. The number of hydrogen-bond acceptors (Lipinski definition) is 2. The first kappa shape index (κ1) is 15.1. The van der Waals surface area contributed by atoms with Crippen LogP contribution >= 0.6 is 0 Å². The Morgan fingerprint density at radius 2 is 1.52 bits per heavy atom. The SMILES string of the molecule is CCc1ccc(CC(=O)NCc2ccc(OC)cc2)cc1. The summed E-state index contributed by atoms with van der Waals surface area (Å²) in [5.74, 6) is 0.858. The van der Waals surface area contributed by atoms with Gasteiger partial charge in [-0.2, -0.15) is 0 Å². The van der Waals surface area contributed by atoms with Crippen molar-refractivity contribution in [2.24, 2.45) is 0 Å². The van der Waals surface area contributed by atoms with E-state index in [-0.39, 0.29) is 5.91 Å². The summed E-state index contributed by atoms with van der Waals surface area (Å²) in [4.78, 5) is 11.9. The van der Waals surface area contributed by atoms with E-state index in [0.29, 0.717) is 13.0 Å². The van der Waals surface area contributed by atoms with E-state index >= 15 is 0 Å². The predicted molar refractivity (Wildman–Crippen MR) is 84.4 cm³/mol. The van der Waals surface area contributed by atoms with Gasteiger partial charge >= 0.3 is 0 Å². The third kappa shape index (κ3) is 4.63. The highest BCUT2D eigenvalue weighted by Gasteiger charge is 2.03. The Morgan fingerprint density at radius 1 is 0.952 bits per heavy atom. The Morgan fingerprint density at radius 3 is 2.10 bits per heavy atom. The molecular weight excluding hydrogens is 262 g/mol. The molecule has 0 aromatic heterocycles. The Labute approximate surface area is 126 Å². The lowest BCUT2D eigenvalue weighted by atomic mass is 10.1. The summed E-state index contributed by atoms with van der Waals surface area (Å²) in [7, 11) is 1.64. The van der Waals surface area contributed by atoms with Crippen molar-refractivity contribution in [2.45, 2.75) is 26.3 Å². The van der Waals surface area contributed by atoms with Crippen LogP contribution in [0.2, 0.25) is 0 Å². The molecule has 21 heavy (non-hydrogen) atoms. The topological polar surface area (TPSA) is 38.3 Å². The van der Waals surface area contributed by atoms with Crippen LogP contribution in [0, 0.1) is 0 Å². The van der Waals surface area contributed by atoms with Crippen molar-refractivity contribution in [1.82, 2.24) is 5.32 Å². The van der Waals surface area contributed by atoms with Gasteiger partial charge in [-0.05, 0) is 35.2 Å². The van der Waals surface area contributed by atoms with Crippen LogP contribution in [0.3, 0.4) is 0 Å². The fourth-order valence-electron chi connectivity index (χ4n) is 2.08. The van der Waals surface area contributed by atoms with Crippen molar-refractivity contribution in [3.63, 3.8) is 0 Å². The number of carbonyl (C=O) groups excluding carboxylic acids is 1. The van der Waals surface area contributed by atoms with E-state index in [2.05, 4.69) is 24.4 Å². The van der Waals surface area contributed by atoms with Gasteiger partial charge in [0.15, 0.2) is 0 Å². The number of aryl methyl sites for hydroxylation is 1. The molecule has 0 heterocycles. The van der Waals surface area contributed by atoms with Gasteiger partial charge in [0, 0.05) is 6.54 Å². The standard InChI is InChI=1S/C18H21NO2/c1-3-14-4-6-15(7-5-14)12-18(20)19-13-16-8-10-17(21-2)11-9-16/h4-11H,3,12-13H2,1-2H3,(H,19,20). The highest BCUT2D eigenvalue weighted by atomic mass is 16.5. The number of ether oxygens (including phenoxy) is 1. The quantitative estimate of drug-likeness (QED) is 0.884. The summed E-state index contributed by atoms with van der Waals surface area (Å²) in [6.45, 7) is 2.66. The lowest BCUT2D eigenvalue weighted by Crippen LogP contribution is -2.24. The first-order valence-corrected chi connectivity index (χ1v) is 7.18. The molecule has 1 N–H and O–H groups in total. The van der Waals surface area contributed by atoms with Crippen molar-refractivity contribution < 1.29 is 9.53 Å². The molecule has 0 atom stereocenters. The second-order valence-corrected chi connectivity index (χ2v) is 4.97. The normalized spacial score (nSPS) is 10.2. The first-order valence-electron chi connectivity index (χ1n) is 7.18. The number of amides is 1. The van der Waals surface area contributed by atoms with Crippen molar-refractivity contribution in [2.75, 3.05) is 7.11 Å². The molecule has 2 aromatic rings. The third-order valence-electron chi connectivity index (χ3n) is 3.44. The fourth-order valence-corrected chi connectivity index (χ4v) is 2.08. The van der Waals surface area contributed by atoms with E-state index in [1.165, 1.54) is 5.56 Å². The highest BCUT2D eigenvalue weighted by Crippen LogP contribution is 2.11. The number of carbonyl (C=O) groups is 1. The smallest absolute Gasteiger partial charge is 0.224 e. The molecule has 0 saturated carbocycles. The first-order chi connectivity index (χ1) is 10.2. The van der Waals surface area contributed by atoms with Crippen LogP contribution in [-0.2, 0) is 24.2 Å². The van der Waals surface area contributed by atoms with E-state index in [0.717, 1.165) is 23.3 Å². The predicted octanol–water partition coefficient (Wildman–Crippen LogP) is 3.12. The molecule has 3 heteroatoms. The van der Waals surface area contributed by atoms with Gasteiger partial charge in [0.1, 0.15) is 5.75 Å². The molecule has 0 aliphatic heterocycles. The molecule has 0 saturated heterocycles. The Hall–Kier alpha value is -2.29. The summed E-state index contributed by atoms with van der Waals surface area (Å²) < 4.78 is 5.11. The molecule has 3 nitrogen and oxygen atoms in total. The average Bonchev–Trinajstić information content (AvgIpc) is 2.54. The van der Waals surface area contributed by atoms with E-state index in [4.69, 9.17) is 4.74 Å². The number of hydrogen-bond donors (Lipinski definition) is 1. The second-order valence-electron chi connectivity index (χ2n) is 4.97. The summed E-state index contributed by atoms with van der Waals surface area (Å²) in [6.07, 6.45) is 1.43.